The smallest absolute Gasteiger partial charge is 0.123 e. The zero-order valence-corrected chi connectivity index (χ0v) is 14.1. The van der Waals surface area contributed by atoms with Crippen LogP contribution >= 0.6 is 0 Å². The van der Waals surface area contributed by atoms with E-state index in [9.17, 15) is 4.39 Å². The summed E-state index contributed by atoms with van der Waals surface area (Å²) in [7, 11) is 0. The molecule has 126 valence electrons. The maximum Gasteiger partial charge on any atom is 0.123 e. The number of hydrogen-bond donors (Lipinski definition) is 2. The molecule has 0 saturated carbocycles. The zero-order chi connectivity index (χ0) is 17.2. The fourth-order valence-corrected chi connectivity index (χ4v) is 3.56. The summed E-state index contributed by atoms with van der Waals surface area (Å²) in [6.07, 6.45) is 3.01. The van der Waals surface area contributed by atoms with Gasteiger partial charge in [0.2, 0.25) is 0 Å². The molecule has 2 nitrogen and oxygen atoms in total. The highest BCUT2D eigenvalue weighted by Gasteiger charge is 2.14. The fraction of sp³-hybridized carbons (Fsp3) is 0.182. The lowest BCUT2D eigenvalue weighted by atomic mass is 9.99. The molecule has 0 bridgehead atoms. The highest BCUT2D eigenvalue weighted by Crippen LogP contribution is 2.35. The van der Waals surface area contributed by atoms with Crippen molar-refractivity contribution in [1.29, 1.82) is 0 Å². The van der Waals surface area contributed by atoms with E-state index in [0.29, 0.717) is 6.54 Å². The van der Waals surface area contributed by atoms with Gasteiger partial charge in [-0.25, -0.2) is 4.39 Å². The molecule has 1 heterocycles. The molecule has 3 N–H and O–H groups in total. The third kappa shape index (κ3) is 2.92. The molecule has 0 fully saturated rings. The molecule has 25 heavy (non-hydrogen) atoms. The molecule has 0 atom stereocenters. The van der Waals surface area contributed by atoms with E-state index in [0.717, 1.165) is 36.0 Å². The molecule has 3 aromatic carbocycles. The number of unbranched alkanes of at least 4 members (excludes halogenated alkanes) is 1. The predicted molar refractivity (Wildman–Crippen MR) is 103 cm³/mol. The second-order valence-corrected chi connectivity index (χ2v) is 6.44. The van der Waals surface area contributed by atoms with Gasteiger partial charge in [0.15, 0.2) is 0 Å². The van der Waals surface area contributed by atoms with Crippen LogP contribution in [0.1, 0.15) is 18.4 Å². The van der Waals surface area contributed by atoms with Gasteiger partial charge in [0.1, 0.15) is 5.82 Å². The lowest BCUT2D eigenvalue weighted by Crippen LogP contribution is -1.99. The maximum absolute atomic E-state index is 13.3. The van der Waals surface area contributed by atoms with E-state index < -0.39 is 0 Å². The van der Waals surface area contributed by atoms with E-state index in [4.69, 9.17) is 5.73 Å². The summed E-state index contributed by atoms with van der Waals surface area (Å²) < 4.78 is 13.3. The van der Waals surface area contributed by atoms with Crippen molar-refractivity contribution in [3.05, 3.63) is 72.0 Å². The first-order valence-corrected chi connectivity index (χ1v) is 8.76. The maximum atomic E-state index is 13.3. The molecule has 0 aliphatic carbocycles. The number of benzene rings is 3. The average Bonchev–Trinajstić information content (AvgIpc) is 3.02. The first-order chi connectivity index (χ1) is 12.3. The van der Waals surface area contributed by atoms with Crippen LogP contribution in [0.25, 0.3) is 32.9 Å². The Kier molecular flexibility index (Phi) is 4.24. The SMILES string of the molecule is NCCCCc1c(-c2ccc(F)cc2)[nH]c2c1ccc1ccccc12. The highest BCUT2D eigenvalue weighted by atomic mass is 19.1. The minimum absolute atomic E-state index is 0.213. The molecule has 0 saturated heterocycles. The molecule has 0 unspecified atom stereocenters. The molecule has 4 rings (SSSR count). The monoisotopic (exact) mass is 332 g/mol. The lowest BCUT2D eigenvalue weighted by Gasteiger charge is -2.05. The molecule has 0 radical (unpaired) electrons. The van der Waals surface area contributed by atoms with Crippen molar-refractivity contribution in [2.24, 2.45) is 5.73 Å². The van der Waals surface area contributed by atoms with Crippen LogP contribution in [0.4, 0.5) is 4.39 Å². The molecule has 0 spiro atoms. The van der Waals surface area contributed by atoms with Crippen LogP contribution in [-0.2, 0) is 6.42 Å². The first kappa shape index (κ1) is 15.9. The van der Waals surface area contributed by atoms with E-state index in [-0.39, 0.29) is 5.82 Å². The molecular formula is C22H21FN2. The summed E-state index contributed by atoms with van der Waals surface area (Å²) in [5.74, 6) is -0.213. The minimum atomic E-state index is -0.213. The van der Waals surface area contributed by atoms with E-state index >= 15 is 0 Å². The van der Waals surface area contributed by atoms with Crippen LogP contribution in [0.15, 0.2) is 60.7 Å². The van der Waals surface area contributed by atoms with Crippen molar-refractivity contribution in [2.45, 2.75) is 19.3 Å². The van der Waals surface area contributed by atoms with Gasteiger partial charge in [0.05, 0.1) is 5.52 Å². The number of rotatable bonds is 5. The molecule has 4 aromatic rings. The van der Waals surface area contributed by atoms with Gasteiger partial charge in [-0.2, -0.15) is 0 Å². The van der Waals surface area contributed by atoms with Gasteiger partial charge >= 0.3 is 0 Å². The van der Waals surface area contributed by atoms with Gasteiger partial charge < -0.3 is 10.7 Å². The van der Waals surface area contributed by atoms with Gasteiger partial charge in [-0.3, -0.25) is 0 Å². The third-order valence-corrected chi connectivity index (χ3v) is 4.82. The Labute approximate surface area is 146 Å². The highest BCUT2D eigenvalue weighted by molar-refractivity contribution is 6.08. The molecule has 1 aromatic heterocycles. The average molecular weight is 332 g/mol. The molecule has 3 heteroatoms. The molecule has 0 aliphatic heterocycles. The van der Waals surface area contributed by atoms with Gasteiger partial charge in [0, 0.05) is 16.5 Å². The van der Waals surface area contributed by atoms with Crippen LogP contribution in [0.3, 0.4) is 0 Å². The van der Waals surface area contributed by atoms with Crippen molar-refractivity contribution in [3.8, 4) is 11.3 Å². The summed E-state index contributed by atoms with van der Waals surface area (Å²) in [6.45, 7) is 0.706. The quantitative estimate of drug-likeness (QED) is 0.472. The molecule has 0 aliphatic rings. The number of halogens is 1. The minimum Gasteiger partial charge on any atom is -0.354 e. The fourth-order valence-electron chi connectivity index (χ4n) is 3.56. The number of aromatic nitrogens is 1. The number of fused-ring (bicyclic) bond motifs is 3. The topological polar surface area (TPSA) is 41.8 Å². The normalized spacial score (nSPS) is 11.4. The van der Waals surface area contributed by atoms with Crippen molar-refractivity contribution < 1.29 is 4.39 Å². The van der Waals surface area contributed by atoms with Crippen molar-refractivity contribution in [1.82, 2.24) is 4.98 Å². The summed E-state index contributed by atoms with van der Waals surface area (Å²) in [5, 5.41) is 3.68. The van der Waals surface area contributed by atoms with Crippen LogP contribution in [0.5, 0.6) is 0 Å². The Balaban J connectivity index is 1.94. The lowest BCUT2D eigenvalue weighted by molar-refractivity contribution is 0.628. The summed E-state index contributed by atoms with van der Waals surface area (Å²) in [5.41, 5.74) is 10.2. The van der Waals surface area contributed by atoms with Gasteiger partial charge in [-0.05, 0) is 66.6 Å². The van der Waals surface area contributed by atoms with Crippen LogP contribution < -0.4 is 5.73 Å². The second kappa shape index (κ2) is 6.69. The Bertz CT molecular complexity index is 1020. The van der Waals surface area contributed by atoms with E-state index in [2.05, 4.69) is 41.4 Å². The number of hydrogen-bond acceptors (Lipinski definition) is 1. The van der Waals surface area contributed by atoms with Gasteiger partial charge in [0.25, 0.3) is 0 Å². The predicted octanol–water partition coefficient (Wildman–Crippen LogP) is 5.41. The Morgan fingerprint density at radius 1 is 0.840 bits per heavy atom. The summed E-state index contributed by atoms with van der Waals surface area (Å²) in [6, 6.07) is 19.5. The largest absolute Gasteiger partial charge is 0.354 e. The van der Waals surface area contributed by atoms with E-state index in [1.54, 1.807) is 0 Å². The third-order valence-electron chi connectivity index (χ3n) is 4.82. The van der Waals surface area contributed by atoms with Crippen molar-refractivity contribution >= 4 is 21.7 Å². The number of aryl methyl sites for hydroxylation is 1. The summed E-state index contributed by atoms with van der Waals surface area (Å²) >= 11 is 0. The standard InChI is InChI=1S/C22H21FN2/c23-17-11-8-16(9-12-17)21-19(7-3-4-14-24)20-13-10-15-5-1-2-6-18(15)22(20)25-21/h1-2,5-6,8-13,25H,3-4,7,14,24H2. The van der Waals surface area contributed by atoms with Crippen LogP contribution in [0, 0.1) is 5.82 Å². The van der Waals surface area contributed by atoms with Gasteiger partial charge in [-0.15, -0.1) is 0 Å². The van der Waals surface area contributed by atoms with Crippen molar-refractivity contribution in [3.63, 3.8) is 0 Å². The Morgan fingerprint density at radius 3 is 2.44 bits per heavy atom. The number of H-pyrrole nitrogens is 1. The number of nitrogens with two attached hydrogens (primary N) is 1. The molecule has 0 amide bonds. The molecular weight excluding hydrogens is 311 g/mol. The van der Waals surface area contributed by atoms with E-state index in [1.807, 2.05) is 12.1 Å². The van der Waals surface area contributed by atoms with Crippen LogP contribution in [-0.4, -0.2) is 11.5 Å². The number of aromatic amines is 1. The van der Waals surface area contributed by atoms with E-state index in [1.165, 1.54) is 33.9 Å². The number of nitrogens with one attached hydrogen (secondary N) is 1. The summed E-state index contributed by atoms with van der Waals surface area (Å²) in [4.78, 5) is 3.62. The first-order valence-electron chi connectivity index (χ1n) is 8.76. The Hall–Kier alpha value is -2.65. The second-order valence-electron chi connectivity index (χ2n) is 6.44. The Morgan fingerprint density at radius 2 is 1.64 bits per heavy atom. The van der Waals surface area contributed by atoms with Crippen molar-refractivity contribution in [2.75, 3.05) is 6.54 Å². The van der Waals surface area contributed by atoms with Crippen LogP contribution in [0.2, 0.25) is 0 Å². The van der Waals surface area contributed by atoms with Gasteiger partial charge in [-0.1, -0.05) is 36.4 Å². The zero-order valence-electron chi connectivity index (χ0n) is 14.1.